The van der Waals surface area contributed by atoms with Gasteiger partial charge in [0, 0.05) is 17.1 Å². The summed E-state index contributed by atoms with van der Waals surface area (Å²) >= 11 is 9.27. The summed E-state index contributed by atoms with van der Waals surface area (Å²) in [6.45, 7) is 1.81. The molecule has 1 heterocycles. The smallest absolute Gasteiger partial charge is 0.178 e. The van der Waals surface area contributed by atoms with Gasteiger partial charge in [0.05, 0.1) is 15.4 Å². The van der Waals surface area contributed by atoms with E-state index in [4.69, 9.17) is 11.6 Å². The van der Waals surface area contributed by atoms with Gasteiger partial charge in [-0.15, -0.1) is 0 Å². The molecule has 2 nitrogen and oxygen atoms in total. The molecule has 0 radical (unpaired) electrons. The number of carbonyl (C=O) groups is 1. The zero-order valence-electron chi connectivity index (χ0n) is 8.05. The summed E-state index contributed by atoms with van der Waals surface area (Å²) in [6, 6.07) is 5.53. The molecule has 0 aliphatic heterocycles. The number of rotatable bonds is 2. The van der Waals surface area contributed by atoms with E-state index in [1.165, 1.54) is 0 Å². The molecule has 0 saturated heterocycles. The minimum atomic E-state index is -0.185. The average molecular weight is 287 g/mol. The fraction of sp³-hybridized carbons (Fsp3) is 0.182. The molecule has 0 spiro atoms. The predicted molar refractivity (Wildman–Crippen MR) is 66.0 cm³/mol. The van der Waals surface area contributed by atoms with Crippen LogP contribution in [0, 0.1) is 0 Å². The molecular formula is C11H9BrClNO. The van der Waals surface area contributed by atoms with Gasteiger partial charge >= 0.3 is 0 Å². The maximum absolute atomic E-state index is 11.8. The van der Waals surface area contributed by atoms with Gasteiger partial charge in [0.2, 0.25) is 0 Å². The summed E-state index contributed by atoms with van der Waals surface area (Å²) in [5.41, 5.74) is 1.49. The van der Waals surface area contributed by atoms with Crippen molar-refractivity contribution in [3.05, 3.63) is 35.0 Å². The highest BCUT2D eigenvalue weighted by Crippen LogP contribution is 2.26. The normalized spacial score (nSPS) is 13.0. The van der Waals surface area contributed by atoms with Gasteiger partial charge < -0.3 is 4.98 Å². The van der Waals surface area contributed by atoms with E-state index in [-0.39, 0.29) is 10.6 Å². The summed E-state index contributed by atoms with van der Waals surface area (Å²) in [5, 5.41) is 1.51. The maximum Gasteiger partial charge on any atom is 0.178 e. The Balaban J connectivity index is 2.64. The number of benzene rings is 1. The van der Waals surface area contributed by atoms with E-state index in [1.807, 2.05) is 19.1 Å². The van der Waals surface area contributed by atoms with Crippen molar-refractivity contribution in [2.24, 2.45) is 0 Å². The Morgan fingerprint density at radius 3 is 2.93 bits per heavy atom. The first-order valence-electron chi connectivity index (χ1n) is 4.55. The first kappa shape index (κ1) is 10.7. The molecular weight excluding hydrogens is 277 g/mol. The third kappa shape index (κ3) is 1.82. The molecule has 0 aliphatic carbocycles. The van der Waals surface area contributed by atoms with Gasteiger partial charge in [0.1, 0.15) is 0 Å². The van der Waals surface area contributed by atoms with Gasteiger partial charge in [-0.25, -0.2) is 0 Å². The van der Waals surface area contributed by atoms with Gasteiger partial charge in [0.15, 0.2) is 5.78 Å². The summed E-state index contributed by atoms with van der Waals surface area (Å²) < 4.78 is 0. The van der Waals surface area contributed by atoms with Crippen molar-refractivity contribution >= 4 is 44.2 Å². The average Bonchev–Trinajstić information content (AvgIpc) is 2.61. The summed E-state index contributed by atoms with van der Waals surface area (Å²) in [7, 11) is 0. The molecule has 0 bridgehead atoms. The zero-order chi connectivity index (χ0) is 11.0. The Labute approximate surface area is 101 Å². The lowest BCUT2D eigenvalue weighted by Gasteiger charge is -2.00. The van der Waals surface area contributed by atoms with Crippen LogP contribution in [-0.4, -0.2) is 15.6 Å². The van der Waals surface area contributed by atoms with E-state index in [2.05, 4.69) is 20.9 Å². The summed E-state index contributed by atoms with van der Waals surface area (Å²) in [4.78, 5) is 14.7. The van der Waals surface area contributed by atoms with E-state index >= 15 is 0 Å². The summed E-state index contributed by atoms with van der Waals surface area (Å²) in [6.07, 6.45) is 1.70. The molecule has 2 rings (SSSR count). The number of H-pyrrole nitrogens is 1. The Kier molecular flexibility index (Phi) is 2.85. The number of Topliss-reactive ketones (excluding diaryl/α,β-unsaturated/α-hetero) is 1. The minimum absolute atomic E-state index is 0.0588. The van der Waals surface area contributed by atoms with Crippen LogP contribution in [-0.2, 0) is 0 Å². The molecule has 15 heavy (non-hydrogen) atoms. The number of alkyl halides is 1. The number of hydrogen-bond acceptors (Lipinski definition) is 1. The van der Waals surface area contributed by atoms with Gasteiger partial charge in [-0.2, -0.15) is 0 Å². The third-order valence-electron chi connectivity index (χ3n) is 2.29. The Morgan fingerprint density at radius 2 is 2.27 bits per heavy atom. The summed E-state index contributed by atoms with van der Waals surface area (Å²) in [5.74, 6) is 0.0588. The Hall–Kier alpha value is -0.800. The van der Waals surface area contributed by atoms with Gasteiger partial charge in [-0.05, 0) is 13.0 Å². The van der Waals surface area contributed by atoms with E-state index in [0.717, 1.165) is 10.9 Å². The van der Waals surface area contributed by atoms with Crippen molar-refractivity contribution in [1.82, 2.24) is 4.98 Å². The highest BCUT2D eigenvalue weighted by Gasteiger charge is 2.16. The van der Waals surface area contributed by atoms with Crippen LogP contribution in [0.1, 0.15) is 17.3 Å². The predicted octanol–water partition coefficient (Wildman–Crippen LogP) is 3.79. The van der Waals surface area contributed by atoms with Crippen LogP contribution in [0.3, 0.4) is 0 Å². The number of aromatic amines is 1. The number of para-hydroxylation sites is 1. The number of aromatic nitrogens is 1. The molecule has 1 aromatic heterocycles. The van der Waals surface area contributed by atoms with Gasteiger partial charge in [-0.1, -0.05) is 39.7 Å². The lowest BCUT2D eigenvalue weighted by molar-refractivity contribution is 0.0997. The lowest BCUT2D eigenvalue weighted by atomic mass is 10.1. The minimum Gasteiger partial charge on any atom is -0.359 e. The Bertz CT molecular complexity index is 518. The van der Waals surface area contributed by atoms with Crippen LogP contribution >= 0.6 is 27.5 Å². The topological polar surface area (TPSA) is 32.9 Å². The number of hydrogen-bond donors (Lipinski definition) is 1. The molecule has 1 aromatic carbocycles. The molecule has 1 N–H and O–H groups in total. The molecule has 1 unspecified atom stereocenters. The van der Waals surface area contributed by atoms with Crippen LogP contribution in [0.2, 0.25) is 5.02 Å². The monoisotopic (exact) mass is 285 g/mol. The molecule has 0 saturated carbocycles. The molecule has 4 heteroatoms. The second kappa shape index (κ2) is 3.99. The standard InChI is InChI=1S/C11H9BrClNO/c1-6(12)11(15)8-5-14-10-7(8)3-2-4-9(10)13/h2-6,14H,1H3. The SMILES string of the molecule is CC(Br)C(=O)c1c[nH]c2c(Cl)cccc12. The first-order chi connectivity index (χ1) is 7.11. The second-order valence-corrected chi connectivity index (χ2v) is 5.13. The molecule has 78 valence electrons. The van der Waals surface area contributed by atoms with Crippen molar-refractivity contribution in [3.8, 4) is 0 Å². The Morgan fingerprint density at radius 1 is 1.53 bits per heavy atom. The number of carbonyl (C=O) groups excluding carboxylic acids is 1. The number of ketones is 1. The molecule has 0 aliphatic rings. The number of fused-ring (bicyclic) bond motifs is 1. The first-order valence-corrected chi connectivity index (χ1v) is 5.84. The van der Waals surface area contributed by atoms with Crippen molar-refractivity contribution in [3.63, 3.8) is 0 Å². The van der Waals surface area contributed by atoms with Crippen molar-refractivity contribution in [2.75, 3.05) is 0 Å². The third-order valence-corrected chi connectivity index (χ3v) is 3.02. The highest BCUT2D eigenvalue weighted by molar-refractivity contribution is 9.10. The van der Waals surface area contributed by atoms with E-state index in [0.29, 0.717) is 10.6 Å². The van der Waals surface area contributed by atoms with Crippen LogP contribution in [0.5, 0.6) is 0 Å². The fourth-order valence-corrected chi connectivity index (χ4v) is 2.01. The number of nitrogens with one attached hydrogen (secondary N) is 1. The van der Waals surface area contributed by atoms with Crippen molar-refractivity contribution in [1.29, 1.82) is 0 Å². The highest BCUT2D eigenvalue weighted by atomic mass is 79.9. The van der Waals surface area contributed by atoms with Crippen molar-refractivity contribution in [2.45, 2.75) is 11.8 Å². The zero-order valence-corrected chi connectivity index (χ0v) is 10.4. The van der Waals surface area contributed by atoms with E-state index < -0.39 is 0 Å². The second-order valence-electron chi connectivity index (χ2n) is 3.34. The van der Waals surface area contributed by atoms with E-state index in [9.17, 15) is 4.79 Å². The van der Waals surface area contributed by atoms with Crippen LogP contribution < -0.4 is 0 Å². The molecule has 2 aromatic rings. The quantitative estimate of drug-likeness (QED) is 0.661. The molecule has 0 amide bonds. The number of halogens is 2. The van der Waals surface area contributed by atoms with Crippen LogP contribution in [0.25, 0.3) is 10.9 Å². The van der Waals surface area contributed by atoms with Crippen LogP contribution in [0.15, 0.2) is 24.4 Å². The van der Waals surface area contributed by atoms with Crippen LogP contribution in [0.4, 0.5) is 0 Å². The maximum atomic E-state index is 11.8. The molecule has 1 atom stereocenters. The fourth-order valence-electron chi connectivity index (χ4n) is 1.54. The lowest BCUT2D eigenvalue weighted by Crippen LogP contribution is -2.08. The van der Waals surface area contributed by atoms with Gasteiger partial charge in [-0.3, -0.25) is 4.79 Å². The molecule has 0 fully saturated rings. The van der Waals surface area contributed by atoms with E-state index in [1.54, 1.807) is 12.3 Å². The van der Waals surface area contributed by atoms with Crippen molar-refractivity contribution < 1.29 is 4.79 Å². The van der Waals surface area contributed by atoms with Gasteiger partial charge in [0.25, 0.3) is 0 Å². The largest absolute Gasteiger partial charge is 0.359 e.